The Bertz CT molecular complexity index is 731. The van der Waals surface area contributed by atoms with Crippen molar-refractivity contribution in [2.24, 2.45) is 0 Å². The van der Waals surface area contributed by atoms with Crippen molar-refractivity contribution in [1.29, 1.82) is 0 Å². The Morgan fingerprint density at radius 1 is 1.24 bits per heavy atom. The van der Waals surface area contributed by atoms with E-state index in [0.29, 0.717) is 21.4 Å². The molecule has 3 rings (SSSR count). The van der Waals surface area contributed by atoms with Crippen LogP contribution in [0, 0.1) is 13.8 Å². The average molecular weight is 322 g/mol. The third kappa shape index (κ3) is 2.74. The van der Waals surface area contributed by atoms with Gasteiger partial charge in [-0.25, -0.2) is 9.97 Å². The first-order valence-electron chi connectivity index (χ1n) is 6.26. The molecular formula is C14H12ClN3O2S. The maximum atomic E-state index is 11.5. The van der Waals surface area contributed by atoms with Crippen LogP contribution in [0.4, 0.5) is 5.69 Å². The minimum atomic E-state index is -1.16. The van der Waals surface area contributed by atoms with Crippen LogP contribution in [0.5, 0.6) is 0 Å². The smallest absolute Gasteiger partial charge is 0.257 e. The first-order valence-corrected chi connectivity index (χ1v) is 7.46. The van der Waals surface area contributed by atoms with E-state index in [0.717, 1.165) is 16.3 Å². The molecule has 1 aromatic carbocycles. The summed E-state index contributed by atoms with van der Waals surface area (Å²) < 4.78 is 0. The zero-order valence-electron chi connectivity index (χ0n) is 11.3. The first-order chi connectivity index (χ1) is 9.94. The second kappa shape index (κ2) is 5.29. The molecule has 1 atom stereocenters. The lowest BCUT2D eigenvalue weighted by molar-refractivity contribution is -0.123. The largest absolute Gasteiger partial charge is 0.378 e. The van der Waals surface area contributed by atoms with Crippen molar-refractivity contribution in [3.05, 3.63) is 40.2 Å². The number of amides is 1. The number of benzene rings is 1. The lowest BCUT2D eigenvalue weighted by Gasteiger charge is -2.08. The molecule has 0 spiro atoms. The van der Waals surface area contributed by atoms with Crippen molar-refractivity contribution in [3.63, 3.8) is 0 Å². The van der Waals surface area contributed by atoms with Crippen molar-refractivity contribution >= 4 is 35.0 Å². The molecule has 1 amide bonds. The van der Waals surface area contributed by atoms with Gasteiger partial charge >= 0.3 is 0 Å². The highest BCUT2D eigenvalue weighted by atomic mass is 35.5. The molecule has 2 N–H and O–H groups in total. The van der Waals surface area contributed by atoms with Crippen LogP contribution in [0.1, 0.15) is 23.1 Å². The molecule has 7 heteroatoms. The Morgan fingerprint density at radius 3 is 2.57 bits per heavy atom. The average Bonchev–Trinajstić information content (AvgIpc) is 2.65. The Labute approximate surface area is 130 Å². The number of nitrogens with one attached hydrogen (secondary N) is 1. The Hall–Kier alpha value is -1.63. The minimum absolute atomic E-state index is 0.439. The van der Waals surface area contributed by atoms with Gasteiger partial charge < -0.3 is 10.4 Å². The Balaban J connectivity index is 1.97. The Morgan fingerprint density at radius 2 is 1.90 bits per heavy atom. The lowest BCUT2D eigenvalue weighted by atomic mass is 10.1. The number of aliphatic hydroxyl groups is 1. The molecular weight excluding hydrogens is 310 g/mol. The zero-order valence-corrected chi connectivity index (χ0v) is 12.9. The van der Waals surface area contributed by atoms with E-state index in [1.165, 1.54) is 11.8 Å². The molecule has 0 radical (unpaired) electrons. The summed E-state index contributed by atoms with van der Waals surface area (Å²) >= 11 is 7.55. The van der Waals surface area contributed by atoms with Gasteiger partial charge in [-0.05, 0) is 43.8 Å². The standard InChI is InChI=1S/C14H12ClN3O2S/c1-6-3-7(2)17-14(16-6)21-11-5-10-8(4-9(11)15)12(19)13(20)18-10/h3-5,12,19H,1-2H3,(H,18,20). The molecule has 1 aliphatic rings. The van der Waals surface area contributed by atoms with Crippen LogP contribution >= 0.6 is 23.4 Å². The number of hydrogen-bond acceptors (Lipinski definition) is 5. The van der Waals surface area contributed by atoms with Crippen LogP contribution in [0.2, 0.25) is 5.02 Å². The second-order valence-electron chi connectivity index (χ2n) is 4.80. The van der Waals surface area contributed by atoms with Crippen LogP contribution in [-0.4, -0.2) is 21.0 Å². The topological polar surface area (TPSA) is 75.1 Å². The van der Waals surface area contributed by atoms with E-state index in [2.05, 4.69) is 15.3 Å². The number of carbonyl (C=O) groups excluding carboxylic acids is 1. The molecule has 1 aromatic heterocycles. The molecule has 21 heavy (non-hydrogen) atoms. The number of nitrogens with zero attached hydrogens (tertiary/aromatic N) is 2. The quantitative estimate of drug-likeness (QED) is 0.832. The highest BCUT2D eigenvalue weighted by molar-refractivity contribution is 7.99. The Kier molecular flexibility index (Phi) is 3.61. The third-order valence-corrected chi connectivity index (χ3v) is 4.42. The molecule has 1 aliphatic heterocycles. The summed E-state index contributed by atoms with van der Waals surface area (Å²) in [5, 5.41) is 13.4. The molecule has 0 saturated heterocycles. The van der Waals surface area contributed by atoms with Gasteiger partial charge in [-0.15, -0.1) is 0 Å². The monoisotopic (exact) mass is 321 g/mol. The number of fused-ring (bicyclic) bond motifs is 1. The first kappa shape index (κ1) is 14.3. The maximum Gasteiger partial charge on any atom is 0.257 e. The molecule has 2 aromatic rings. The van der Waals surface area contributed by atoms with Gasteiger partial charge in [0.2, 0.25) is 0 Å². The SMILES string of the molecule is Cc1cc(C)nc(Sc2cc3c(cc2Cl)C(O)C(=O)N3)n1. The van der Waals surface area contributed by atoms with E-state index in [-0.39, 0.29) is 0 Å². The summed E-state index contributed by atoms with van der Waals surface area (Å²) in [6.45, 7) is 3.80. The van der Waals surface area contributed by atoms with Crippen LogP contribution in [0.3, 0.4) is 0 Å². The van der Waals surface area contributed by atoms with Gasteiger partial charge in [0.05, 0.1) is 5.02 Å². The van der Waals surface area contributed by atoms with Crippen molar-refractivity contribution < 1.29 is 9.90 Å². The van der Waals surface area contributed by atoms with E-state index >= 15 is 0 Å². The zero-order chi connectivity index (χ0) is 15.1. The summed E-state index contributed by atoms with van der Waals surface area (Å²) in [5.74, 6) is -0.439. The van der Waals surface area contributed by atoms with E-state index in [1.54, 1.807) is 12.1 Å². The molecule has 5 nitrogen and oxygen atoms in total. The van der Waals surface area contributed by atoms with Gasteiger partial charge in [0.1, 0.15) is 0 Å². The van der Waals surface area contributed by atoms with Crippen LogP contribution in [0.15, 0.2) is 28.3 Å². The summed E-state index contributed by atoms with van der Waals surface area (Å²) in [6.07, 6.45) is -1.16. The highest BCUT2D eigenvalue weighted by Crippen LogP contribution is 2.40. The summed E-state index contributed by atoms with van der Waals surface area (Å²) in [5.41, 5.74) is 2.83. The fourth-order valence-corrected chi connectivity index (χ4v) is 3.36. The molecule has 0 saturated carbocycles. The summed E-state index contributed by atoms with van der Waals surface area (Å²) in [7, 11) is 0. The highest BCUT2D eigenvalue weighted by Gasteiger charge is 2.29. The third-order valence-electron chi connectivity index (χ3n) is 3.07. The van der Waals surface area contributed by atoms with Gasteiger partial charge in [0, 0.05) is 27.5 Å². The fourth-order valence-electron chi connectivity index (χ4n) is 2.16. The van der Waals surface area contributed by atoms with Gasteiger partial charge in [-0.1, -0.05) is 11.6 Å². The predicted octanol–water partition coefficient (Wildman–Crippen LogP) is 2.88. The minimum Gasteiger partial charge on any atom is -0.378 e. The normalized spacial score (nSPS) is 16.8. The fraction of sp³-hybridized carbons (Fsp3) is 0.214. The van der Waals surface area contributed by atoms with E-state index < -0.39 is 12.0 Å². The number of carbonyl (C=O) groups is 1. The van der Waals surface area contributed by atoms with Gasteiger partial charge in [-0.2, -0.15) is 0 Å². The van der Waals surface area contributed by atoms with Crippen molar-refractivity contribution in [2.75, 3.05) is 5.32 Å². The molecule has 1 unspecified atom stereocenters. The van der Waals surface area contributed by atoms with Crippen molar-refractivity contribution in [1.82, 2.24) is 9.97 Å². The van der Waals surface area contributed by atoms with Crippen molar-refractivity contribution in [3.8, 4) is 0 Å². The number of aryl methyl sites for hydroxylation is 2. The maximum absolute atomic E-state index is 11.5. The van der Waals surface area contributed by atoms with E-state index in [4.69, 9.17) is 11.6 Å². The number of aliphatic hydroxyl groups excluding tert-OH is 1. The number of rotatable bonds is 2. The molecule has 0 bridgehead atoms. The number of hydrogen-bond donors (Lipinski definition) is 2. The van der Waals surface area contributed by atoms with Crippen LogP contribution < -0.4 is 5.32 Å². The van der Waals surface area contributed by atoms with Gasteiger partial charge in [0.25, 0.3) is 5.91 Å². The van der Waals surface area contributed by atoms with E-state index in [9.17, 15) is 9.90 Å². The van der Waals surface area contributed by atoms with Crippen molar-refractivity contribution in [2.45, 2.75) is 30.0 Å². The molecule has 0 fully saturated rings. The molecule has 2 heterocycles. The lowest BCUT2D eigenvalue weighted by Crippen LogP contribution is -2.10. The van der Waals surface area contributed by atoms with Crippen LogP contribution in [0.25, 0.3) is 0 Å². The van der Waals surface area contributed by atoms with Crippen LogP contribution in [-0.2, 0) is 4.79 Å². The van der Waals surface area contributed by atoms with Gasteiger partial charge in [0.15, 0.2) is 11.3 Å². The summed E-state index contributed by atoms with van der Waals surface area (Å²) in [6, 6.07) is 5.23. The predicted molar refractivity (Wildman–Crippen MR) is 80.7 cm³/mol. The summed E-state index contributed by atoms with van der Waals surface area (Å²) in [4.78, 5) is 20.9. The second-order valence-corrected chi connectivity index (χ2v) is 6.21. The van der Waals surface area contributed by atoms with E-state index in [1.807, 2.05) is 19.9 Å². The molecule has 108 valence electrons. The van der Waals surface area contributed by atoms with Gasteiger partial charge in [-0.3, -0.25) is 4.79 Å². The number of aromatic nitrogens is 2. The molecule has 0 aliphatic carbocycles. The number of halogens is 1. The number of anilines is 1.